The minimum atomic E-state index is -3.55. The standard InChI is InChI=1S/C28H26N4O4S2/c33-38(34,31-15-17-35-18-16-31)24-10-8-23(9-11-24)30-28-32(14-12-22-6-3-4-13-29-22)25(20-37-28)27-19-21-5-1-2-7-26(21)36-27/h1-11,13,19-20H,12,14-18H2. The second kappa shape index (κ2) is 10.7. The van der Waals surface area contributed by atoms with Crippen LogP contribution >= 0.6 is 11.3 Å². The number of nitrogens with zero attached hydrogens (tertiary/aromatic N) is 4. The van der Waals surface area contributed by atoms with E-state index in [9.17, 15) is 8.42 Å². The minimum Gasteiger partial charge on any atom is -0.454 e. The van der Waals surface area contributed by atoms with E-state index < -0.39 is 10.0 Å². The van der Waals surface area contributed by atoms with Gasteiger partial charge in [0.2, 0.25) is 10.0 Å². The van der Waals surface area contributed by atoms with Crippen LogP contribution in [0.3, 0.4) is 0 Å². The number of sulfonamides is 1. The van der Waals surface area contributed by atoms with Crippen LogP contribution in [0.1, 0.15) is 5.69 Å². The molecule has 0 bridgehead atoms. The van der Waals surface area contributed by atoms with Crippen LogP contribution in [0.25, 0.3) is 22.4 Å². The van der Waals surface area contributed by atoms with Crippen molar-refractivity contribution in [3.05, 3.63) is 94.9 Å². The van der Waals surface area contributed by atoms with Crippen molar-refractivity contribution >= 4 is 38.0 Å². The molecular formula is C28H26N4O4S2. The van der Waals surface area contributed by atoms with E-state index in [0.29, 0.717) is 38.5 Å². The smallest absolute Gasteiger partial charge is 0.243 e. The van der Waals surface area contributed by atoms with E-state index in [1.165, 1.54) is 15.6 Å². The second-order valence-corrected chi connectivity index (χ2v) is 11.7. The molecule has 194 valence electrons. The van der Waals surface area contributed by atoms with Gasteiger partial charge in [0.15, 0.2) is 10.6 Å². The van der Waals surface area contributed by atoms with E-state index in [2.05, 4.69) is 9.55 Å². The summed E-state index contributed by atoms with van der Waals surface area (Å²) in [6.45, 7) is 2.22. The Labute approximate surface area is 224 Å². The van der Waals surface area contributed by atoms with Gasteiger partial charge in [-0.3, -0.25) is 4.98 Å². The fourth-order valence-electron chi connectivity index (χ4n) is 4.45. The number of pyridine rings is 1. The molecule has 10 heteroatoms. The first kappa shape index (κ1) is 24.7. The van der Waals surface area contributed by atoms with E-state index in [1.54, 1.807) is 30.5 Å². The van der Waals surface area contributed by atoms with Crippen LogP contribution in [0, 0.1) is 0 Å². The number of hydrogen-bond donors (Lipinski definition) is 0. The lowest BCUT2D eigenvalue weighted by atomic mass is 10.2. The second-order valence-electron chi connectivity index (χ2n) is 8.90. The first-order chi connectivity index (χ1) is 18.6. The van der Waals surface area contributed by atoms with E-state index in [1.807, 2.05) is 53.9 Å². The summed E-state index contributed by atoms with van der Waals surface area (Å²) in [7, 11) is -3.55. The Morgan fingerprint density at radius 2 is 1.76 bits per heavy atom. The highest BCUT2D eigenvalue weighted by Crippen LogP contribution is 2.29. The first-order valence-electron chi connectivity index (χ1n) is 12.4. The average molecular weight is 547 g/mol. The van der Waals surface area contributed by atoms with Gasteiger partial charge in [0.1, 0.15) is 5.58 Å². The lowest BCUT2D eigenvalue weighted by Gasteiger charge is -2.26. The number of benzene rings is 2. The van der Waals surface area contributed by atoms with Crippen LogP contribution in [0.5, 0.6) is 0 Å². The monoisotopic (exact) mass is 546 g/mol. The normalized spacial score (nSPS) is 15.3. The van der Waals surface area contributed by atoms with Crippen LogP contribution in [-0.4, -0.2) is 48.6 Å². The minimum absolute atomic E-state index is 0.260. The summed E-state index contributed by atoms with van der Waals surface area (Å²) in [5.74, 6) is 0.775. The predicted octanol–water partition coefficient (Wildman–Crippen LogP) is 4.85. The van der Waals surface area contributed by atoms with Crippen molar-refractivity contribution in [2.45, 2.75) is 17.9 Å². The third-order valence-corrected chi connectivity index (χ3v) is 9.24. The van der Waals surface area contributed by atoms with Crippen molar-refractivity contribution < 1.29 is 17.6 Å². The van der Waals surface area contributed by atoms with E-state index in [-0.39, 0.29) is 4.90 Å². The Hall–Kier alpha value is -3.57. The number of para-hydroxylation sites is 1. The molecule has 0 N–H and O–H groups in total. The summed E-state index contributed by atoms with van der Waals surface area (Å²) in [6.07, 6.45) is 2.53. The summed E-state index contributed by atoms with van der Waals surface area (Å²) < 4.78 is 41.0. The van der Waals surface area contributed by atoms with Gasteiger partial charge in [-0.2, -0.15) is 4.31 Å². The molecule has 5 aromatic rings. The van der Waals surface area contributed by atoms with Gasteiger partial charge in [-0.05, 0) is 48.5 Å². The number of morpholine rings is 1. The molecule has 0 spiro atoms. The molecule has 0 amide bonds. The Balaban J connectivity index is 1.35. The SMILES string of the molecule is O=S(=O)(c1ccc(N=c2scc(-c3cc4ccccc4o3)n2CCc2ccccn2)cc1)N1CCOCC1. The fourth-order valence-corrected chi connectivity index (χ4v) is 6.80. The van der Waals surface area contributed by atoms with Gasteiger partial charge in [-0.25, -0.2) is 13.4 Å². The van der Waals surface area contributed by atoms with Gasteiger partial charge < -0.3 is 13.7 Å². The number of thiazole rings is 1. The van der Waals surface area contributed by atoms with Crippen LogP contribution < -0.4 is 4.80 Å². The average Bonchev–Trinajstić information content (AvgIpc) is 3.57. The number of aryl methyl sites for hydroxylation is 1. The zero-order valence-corrected chi connectivity index (χ0v) is 22.2. The van der Waals surface area contributed by atoms with Crippen molar-refractivity contribution in [1.82, 2.24) is 13.9 Å². The molecule has 2 aromatic carbocycles. The third kappa shape index (κ3) is 5.08. The molecule has 8 nitrogen and oxygen atoms in total. The topological polar surface area (TPSA) is 89.9 Å². The van der Waals surface area contributed by atoms with E-state index >= 15 is 0 Å². The number of fused-ring (bicyclic) bond motifs is 1. The van der Waals surface area contributed by atoms with Crippen LogP contribution in [0.4, 0.5) is 5.69 Å². The number of aromatic nitrogens is 2. The van der Waals surface area contributed by atoms with Crippen molar-refractivity contribution in [3.8, 4) is 11.5 Å². The number of rotatable bonds is 7. The fraction of sp³-hybridized carbons (Fsp3) is 0.214. The summed E-state index contributed by atoms with van der Waals surface area (Å²) in [5, 5.41) is 3.09. The van der Waals surface area contributed by atoms with Gasteiger partial charge in [-0.1, -0.05) is 24.3 Å². The molecular weight excluding hydrogens is 520 g/mol. The molecule has 6 rings (SSSR count). The first-order valence-corrected chi connectivity index (χ1v) is 14.7. The molecule has 0 atom stereocenters. The molecule has 0 radical (unpaired) electrons. The van der Waals surface area contributed by atoms with Gasteiger partial charge in [0.05, 0.1) is 29.5 Å². The molecule has 0 saturated carbocycles. The zero-order valence-electron chi connectivity index (χ0n) is 20.6. The van der Waals surface area contributed by atoms with Gasteiger partial charge in [-0.15, -0.1) is 11.3 Å². The number of furan rings is 1. The lowest BCUT2D eigenvalue weighted by molar-refractivity contribution is 0.0730. The highest BCUT2D eigenvalue weighted by molar-refractivity contribution is 7.89. The predicted molar refractivity (Wildman–Crippen MR) is 147 cm³/mol. The number of ether oxygens (including phenoxy) is 1. The van der Waals surface area contributed by atoms with Crippen LogP contribution in [0.2, 0.25) is 0 Å². The maximum atomic E-state index is 13.0. The molecule has 0 aliphatic carbocycles. The Kier molecular flexibility index (Phi) is 6.94. The van der Waals surface area contributed by atoms with Crippen LogP contribution in [-0.2, 0) is 27.7 Å². The molecule has 4 heterocycles. The molecule has 3 aromatic heterocycles. The van der Waals surface area contributed by atoms with E-state index in [0.717, 1.165) is 39.3 Å². The molecule has 38 heavy (non-hydrogen) atoms. The summed E-state index contributed by atoms with van der Waals surface area (Å²) in [6, 6.07) is 22.6. The molecule has 0 unspecified atom stereocenters. The summed E-state index contributed by atoms with van der Waals surface area (Å²) in [4.78, 5) is 10.4. The maximum Gasteiger partial charge on any atom is 0.243 e. The van der Waals surface area contributed by atoms with Crippen molar-refractivity contribution in [2.75, 3.05) is 26.3 Å². The quantitative estimate of drug-likeness (QED) is 0.291. The molecule has 1 saturated heterocycles. The van der Waals surface area contributed by atoms with Crippen molar-refractivity contribution in [3.63, 3.8) is 0 Å². The molecule has 1 aliphatic rings. The van der Waals surface area contributed by atoms with Gasteiger partial charge in [0, 0.05) is 48.7 Å². The maximum absolute atomic E-state index is 13.0. The lowest BCUT2D eigenvalue weighted by Crippen LogP contribution is -2.40. The summed E-state index contributed by atoms with van der Waals surface area (Å²) >= 11 is 1.52. The third-order valence-electron chi connectivity index (χ3n) is 6.46. The van der Waals surface area contributed by atoms with Crippen molar-refractivity contribution in [2.24, 2.45) is 4.99 Å². The highest BCUT2D eigenvalue weighted by atomic mass is 32.2. The Bertz CT molecular complexity index is 1680. The Morgan fingerprint density at radius 3 is 2.53 bits per heavy atom. The summed E-state index contributed by atoms with van der Waals surface area (Å²) in [5.41, 5.74) is 3.44. The van der Waals surface area contributed by atoms with Gasteiger partial charge >= 0.3 is 0 Å². The largest absolute Gasteiger partial charge is 0.454 e. The molecule has 1 aliphatic heterocycles. The Morgan fingerprint density at radius 1 is 0.974 bits per heavy atom. The zero-order chi connectivity index (χ0) is 26.0. The molecule has 1 fully saturated rings. The van der Waals surface area contributed by atoms with Crippen LogP contribution in [0.15, 0.2) is 98.7 Å². The number of hydrogen-bond acceptors (Lipinski definition) is 7. The van der Waals surface area contributed by atoms with E-state index in [4.69, 9.17) is 14.1 Å². The van der Waals surface area contributed by atoms with Crippen molar-refractivity contribution in [1.29, 1.82) is 0 Å². The highest BCUT2D eigenvalue weighted by Gasteiger charge is 2.26. The van der Waals surface area contributed by atoms with Gasteiger partial charge in [0.25, 0.3) is 0 Å².